The number of hydrogen-bond donors (Lipinski definition) is 0. The molecular weight excluding hydrogens is 400 g/mol. The van der Waals surface area contributed by atoms with Crippen LogP contribution < -0.4 is 4.74 Å². The van der Waals surface area contributed by atoms with Crippen molar-refractivity contribution in [1.82, 2.24) is 0 Å². The average Bonchev–Trinajstić information content (AvgIpc) is 3.26. The van der Waals surface area contributed by atoms with Crippen LogP contribution in [0.2, 0.25) is 0 Å². The molecule has 3 heteroatoms. The fourth-order valence-electron chi connectivity index (χ4n) is 3.67. The lowest BCUT2D eigenvalue weighted by molar-refractivity contribution is 0.0740. The van der Waals surface area contributed by atoms with Crippen molar-refractivity contribution in [2.45, 2.75) is 71.6 Å². The van der Waals surface area contributed by atoms with Crippen LogP contribution in [-0.4, -0.2) is 5.97 Å². The first-order valence-corrected chi connectivity index (χ1v) is 12.5. The average molecular weight is 435 g/mol. The quantitative estimate of drug-likeness (QED) is 0.162. The molecule has 0 fully saturated rings. The first kappa shape index (κ1) is 23.3. The lowest BCUT2D eigenvalue weighted by Crippen LogP contribution is -2.06. The van der Waals surface area contributed by atoms with Gasteiger partial charge in [0.1, 0.15) is 10.6 Å². The number of unbranched alkanes of at least 4 members (excludes halogenated alkanes) is 7. The molecule has 31 heavy (non-hydrogen) atoms. The highest BCUT2D eigenvalue weighted by atomic mass is 32.1. The highest BCUT2D eigenvalue weighted by molar-refractivity contribution is 7.13. The summed E-state index contributed by atoms with van der Waals surface area (Å²) in [6.45, 7) is 4.34. The van der Waals surface area contributed by atoms with Gasteiger partial charge in [0.25, 0.3) is 0 Å². The Bertz CT molecular complexity index is 922. The molecule has 2 aromatic carbocycles. The van der Waals surface area contributed by atoms with Gasteiger partial charge in [0.2, 0.25) is 0 Å². The minimum atomic E-state index is -0.268. The first-order valence-electron chi connectivity index (χ1n) is 11.6. The second kappa shape index (κ2) is 12.5. The summed E-state index contributed by atoms with van der Waals surface area (Å²) in [7, 11) is 0. The van der Waals surface area contributed by atoms with Crippen LogP contribution in [0.1, 0.15) is 78.4 Å². The summed E-state index contributed by atoms with van der Waals surface area (Å²) in [5, 5.41) is 0. The highest BCUT2D eigenvalue weighted by Gasteiger charge is 2.12. The molecule has 3 rings (SSSR count). The molecule has 3 aromatic rings. The molecule has 0 aliphatic carbocycles. The maximum atomic E-state index is 12.5. The third-order valence-electron chi connectivity index (χ3n) is 5.59. The van der Waals surface area contributed by atoms with Crippen molar-refractivity contribution in [3.8, 4) is 16.9 Å². The van der Waals surface area contributed by atoms with Crippen LogP contribution in [0.25, 0.3) is 11.1 Å². The molecule has 0 unspecified atom stereocenters. The Morgan fingerprint density at radius 1 is 0.742 bits per heavy atom. The van der Waals surface area contributed by atoms with Gasteiger partial charge in [-0.3, -0.25) is 0 Å². The predicted octanol–water partition coefficient (Wildman–Crippen LogP) is 8.63. The smallest absolute Gasteiger partial charge is 0.353 e. The molecule has 0 saturated carbocycles. The molecule has 0 radical (unpaired) electrons. The molecular formula is C28H34O2S. The minimum absolute atomic E-state index is 0.268. The number of ether oxygens (including phenoxy) is 1. The van der Waals surface area contributed by atoms with Crippen LogP contribution >= 0.6 is 11.3 Å². The lowest BCUT2D eigenvalue weighted by Gasteiger charge is -2.05. The number of benzene rings is 2. The Morgan fingerprint density at radius 3 is 1.97 bits per heavy atom. The van der Waals surface area contributed by atoms with Crippen molar-refractivity contribution in [3.63, 3.8) is 0 Å². The van der Waals surface area contributed by atoms with Crippen molar-refractivity contribution in [1.29, 1.82) is 0 Å². The normalized spacial score (nSPS) is 10.9. The van der Waals surface area contributed by atoms with Gasteiger partial charge < -0.3 is 4.74 Å². The molecule has 0 spiro atoms. The fraction of sp³-hybridized carbons (Fsp3) is 0.393. The number of carbonyl (C=O) groups is 1. The second-order valence-electron chi connectivity index (χ2n) is 8.27. The lowest BCUT2D eigenvalue weighted by atomic mass is 10.0. The Hall–Kier alpha value is -2.39. The van der Waals surface area contributed by atoms with Gasteiger partial charge in [0.15, 0.2) is 0 Å². The van der Waals surface area contributed by atoms with Gasteiger partial charge in [-0.2, -0.15) is 0 Å². The molecule has 0 aliphatic rings. The largest absolute Gasteiger partial charge is 0.422 e. The van der Waals surface area contributed by atoms with E-state index in [-0.39, 0.29) is 5.97 Å². The maximum absolute atomic E-state index is 12.5. The highest BCUT2D eigenvalue weighted by Crippen LogP contribution is 2.25. The third-order valence-corrected chi connectivity index (χ3v) is 6.71. The number of thiophene rings is 1. The molecule has 164 valence electrons. The zero-order valence-electron chi connectivity index (χ0n) is 18.9. The number of aryl methyl sites for hydroxylation is 2. The zero-order valence-corrected chi connectivity index (χ0v) is 19.7. The fourth-order valence-corrected chi connectivity index (χ4v) is 4.60. The molecule has 2 nitrogen and oxygen atoms in total. The Morgan fingerprint density at radius 2 is 1.32 bits per heavy atom. The number of esters is 1. The van der Waals surface area contributed by atoms with E-state index in [1.807, 2.05) is 30.3 Å². The monoisotopic (exact) mass is 434 g/mol. The van der Waals surface area contributed by atoms with E-state index in [0.717, 1.165) is 17.5 Å². The second-order valence-corrected chi connectivity index (χ2v) is 9.44. The number of hydrogen-bond acceptors (Lipinski definition) is 3. The van der Waals surface area contributed by atoms with E-state index in [1.54, 1.807) is 11.3 Å². The molecule has 0 amide bonds. The maximum Gasteiger partial charge on any atom is 0.353 e. The molecule has 0 atom stereocenters. The predicted molar refractivity (Wildman–Crippen MR) is 132 cm³/mol. The summed E-state index contributed by atoms with van der Waals surface area (Å²) in [5.41, 5.74) is 3.52. The van der Waals surface area contributed by atoms with Gasteiger partial charge in [-0.1, -0.05) is 93.8 Å². The van der Waals surface area contributed by atoms with Crippen molar-refractivity contribution >= 4 is 17.3 Å². The van der Waals surface area contributed by atoms with Crippen LogP contribution in [0.15, 0.2) is 60.7 Å². The van der Waals surface area contributed by atoms with Crippen LogP contribution in [0.4, 0.5) is 0 Å². The topological polar surface area (TPSA) is 26.3 Å². The Kier molecular flexibility index (Phi) is 9.36. The van der Waals surface area contributed by atoms with Gasteiger partial charge in [0, 0.05) is 4.88 Å². The van der Waals surface area contributed by atoms with Gasteiger partial charge in [-0.25, -0.2) is 4.79 Å². The number of rotatable bonds is 12. The first-order chi connectivity index (χ1) is 15.2. The summed E-state index contributed by atoms with van der Waals surface area (Å²) in [6.07, 6.45) is 11.6. The SMILES string of the molecule is CCCCCCCCCCc1ccc(C(=O)Oc2ccc(-c3ccc(C)cc3)cc2)s1. The van der Waals surface area contributed by atoms with Crippen LogP contribution in [-0.2, 0) is 6.42 Å². The van der Waals surface area contributed by atoms with Gasteiger partial charge in [-0.15, -0.1) is 11.3 Å². The molecule has 0 N–H and O–H groups in total. The minimum Gasteiger partial charge on any atom is -0.422 e. The van der Waals surface area contributed by atoms with Crippen molar-refractivity contribution in [3.05, 3.63) is 76.0 Å². The Labute approximate surface area is 191 Å². The van der Waals surface area contributed by atoms with E-state index < -0.39 is 0 Å². The van der Waals surface area contributed by atoms with E-state index in [0.29, 0.717) is 10.6 Å². The summed E-state index contributed by atoms with van der Waals surface area (Å²) < 4.78 is 5.58. The molecule has 1 aromatic heterocycles. The van der Waals surface area contributed by atoms with E-state index in [2.05, 4.69) is 44.2 Å². The molecule has 1 heterocycles. The summed E-state index contributed by atoms with van der Waals surface area (Å²) in [4.78, 5) is 14.5. The Balaban J connectivity index is 1.42. The standard InChI is InChI=1S/C28H34O2S/c1-3-4-5-6-7-8-9-10-11-26-20-21-27(31-26)28(29)30-25-18-16-24(17-19-25)23-14-12-22(2)13-15-23/h12-21H,3-11H2,1-2H3. The molecule has 0 aliphatic heterocycles. The third kappa shape index (κ3) is 7.66. The summed E-state index contributed by atoms with van der Waals surface area (Å²) in [6, 6.07) is 20.1. The van der Waals surface area contributed by atoms with Crippen molar-refractivity contribution in [2.24, 2.45) is 0 Å². The van der Waals surface area contributed by atoms with Crippen LogP contribution in [0.5, 0.6) is 5.75 Å². The summed E-state index contributed by atoms with van der Waals surface area (Å²) >= 11 is 1.56. The molecule has 0 bridgehead atoms. The molecule has 0 saturated heterocycles. The van der Waals surface area contributed by atoms with Crippen molar-refractivity contribution in [2.75, 3.05) is 0 Å². The summed E-state index contributed by atoms with van der Waals surface area (Å²) in [5.74, 6) is 0.314. The van der Waals surface area contributed by atoms with E-state index >= 15 is 0 Å². The number of carbonyl (C=O) groups excluding carboxylic acids is 1. The van der Waals surface area contributed by atoms with E-state index in [1.165, 1.54) is 61.8 Å². The van der Waals surface area contributed by atoms with Crippen molar-refractivity contribution < 1.29 is 9.53 Å². The van der Waals surface area contributed by atoms with Gasteiger partial charge in [0.05, 0.1) is 0 Å². The van der Waals surface area contributed by atoms with Crippen LogP contribution in [0.3, 0.4) is 0 Å². The zero-order chi connectivity index (χ0) is 21.9. The van der Waals surface area contributed by atoms with Gasteiger partial charge >= 0.3 is 5.97 Å². The van der Waals surface area contributed by atoms with Crippen LogP contribution in [0, 0.1) is 6.92 Å². The van der Waals surface area contributed by atoms with E-state index in [9.17, 15) is 4.79 Å². The van der Waals surface area contributed by atoms with Gasteiger partial charge in [-0.05, 0) is 55.2 Å². The van der Waals surface area contributed by atoms with E-state index in [4.69, 9.17) is 4.74 Å².